The average molecular weight is 242 g/mol. The van der Waals surface area contributed by atoms with Crippen molar-refractivity contribution in [2.45, 2.75) is 25.8 Å². The van der Waals surface area contributed by atoms with Crippen molar-refractivity contribution in [1.82, 2.24) is 9.88 Å². The van der Waals surface area contributed by atoms with Gasteiger partial charge < -0.3 is 4.98 Å². The molecule has 18 heavy (non-hydrogen) atoms. The molecule has 0 aliphatic carbocycles. The second kappa shape index (κ2) is 4.25. The molecule has 1 atom stereocenters. The first-order chi connectivity index (χ1) is 8.66. The lowest BCUT2D eigenvalue weighted by atomic mass is 10.0. The molecule has 3 rings (SSSR count). The fraction of sp³-hybridized carbons (Fsp3) is 0.400. The molecule has 1 aromatic heterocycles. The number of hydrogen-bond acceptors (Lipinski definition) is 2. The molecule has 0 saturated carbocycles. The minimum Gasteiger partial charge on any atom is -0.360 e. The lowest BCUT2D eigenvalue weighted by Crippen LogP contribution is -2.32. The van der Waals surface area contributed by atoms with Crippen LogP contribution in [0.5, 0.6) is 0 Å². The van der Waals surface area contributed by atoms with Gasteiger partial charge in [-0.2, -0.15) is 0 Å². The van der Waals surface area contributed by atoms with Gasteiger partial charge in [0, 0.05) is 22.7 Å². The van der Waals surface area contributed by atoms with E-state index in [1.165, 1.54) is 5.56 Å². The van der Waals surface area contributed by atoms with Gasteiger partial charge in [-0.1, -0.05) is 11.6 Å². The smallest absolute Gasteiger partial charge is 0.182 e. The maximum Gasteiger partial charge on any atom is 0.182 e. The van der Waals surface area contributed by atoms with Gasteiger partial charge >= 0.3 is 0 Å². The Morgan fingerprint density at radius 1 is 1.44 bits per heavy atom. The van der Waals surface area contributed by atoms with Crippen molar-refractivity contribution >= 4 is 16.7 Å². The van der Waals surface area contributed by atoms with Crippen molar-refractivity contribution in [2.24, 2.45) is 0 Å². The largest absolute Gasteiger partial charge is 0.360 e. The van der Waals surface area contributed by atoms with E-state index in [0.717, 1.165) is 35.9 Å². The number of carbonyl (C=O) groups is 1. The third-order valence-corrected chi connectivity index (χ3v) is 3.93. The molecular weight excluding hydrogens is 224 g/mol. The zero-order chi connectivity index (χ0) is 12.7. The van der Waals surface area contributed by atoms with Crippen LogP contribution in [0, 0.1) is 6.92 Å². The number of ketones is 1. The van der Waals surface area contributed by atoms with E-state index in [4.69, 9.17) is 0 Å². The Bertz CT molecular complexity index is 600. The number of Topliss-reactive ketones (excluding diaryl/α,β-unsaturated/α-hetero) is 1. The number of aromatic amines is 1. The van der Waals surface area contributed by atoms with Gasteiger partial charge in [-0.15, -0.1) is 0 Å². The van der Waals surface area contributed by atoms with Crippen molar-refractivity contribution in [2.75, 3.05) is 13.6 Å². The predicted molar refractivity (Wildman–Crippen MR) is 73.0 cm³/mol. The monoisotopic (exact) mass is 242 g/mol. The van der Waals surface area contributed by atoms with Gasteiger partial charge in [0.25, 0.3) is 0 Å². The molecule has 0 radical (unpaired) electrons. The zero-order valence-corrected chi connectivity index (χ0v) is 10.9. The summed E-state index contributed by atoms with van der Waals surface area (Å²) in [6.45, 7) is 3.08. The van der Waals surface area contributed by atoms with E-state index in [9.17, 15) is 4.79 Å². The highest BCUT2D eigenvalue weighted by molar-refractivity contribution is 6.10. The van der Waals surface area contributed by atoms with Gasteiger partial charge in [-0.25, -0.2) is 0 Å². The molecule has 0 unspecified atom stereocenters. The summed E-state index contributed by atoms with van der Waals surface area (Å²) >= 11 is 0. The van der Waals surface area contributed by atoms with E-state index in [1.54, 1.807) is 0 Å². The molecule has 1 saturated heterocycles. The third kappa shape index (κ3) is 1.75. The van der Waals surface area contributed by atoms with Gasteiger partial charge in [0.15, 0.2) is 5.78 Å². The number of H-pyrrole nitrogens is 1. The standard InChI is InChI=1S/C15H18N2O/c1-10-5-6-13-11(8-10)12(9-16-13)15(18)14-4-3-7-17(14)2/h5-6,8-9,14,16H,3-4,7H2,1-2H3/t14-/m0/s1. The number of benzene rings is 1. The third-order valence-electron chi connectivity index (χ3n) is 3.93. The molecular formula is C15H18N2O. The minimum atomic E-state index is 0.0597. The molecule has 3 nitrogen and oxygen atoms in total. The highest BCUT2D eigenvalue weighted by atomic mass is 16.1. The molecule has 0 amide bonds. The molecule has 2 heterocycles. The molecule has 1 aromatic carbocycles. The van der Waals surface area contributed by atoms with E-state index >= 15 is 0 Å². The molecule has 3 heteroatoms. The number of likely N-dealkylation sites (N-methyl/N-ethyl adjacent to an activating group) is 1. The average Bonchev–Trinajstić information content (AvgIpc) is 2.94. The molecule has 1 aliphatic rings. The number of rotatable bonds is 2. The van der Waals surface area contributed by atoms with Gasteiger partial charge in [0.05, 0.1) is 6.04 Å². The number of nitrogens with one attached hydrogen (secondary N) is 1. The maximum absolute atomic E-state index is 12.6. The summed E-state index contributed by atoms with van der Waals surface area (Å²) in [7, 11) is 2.04. The Morgan fingerprint density at radius 2 is 2.28 bits per heavy atom. The first kappa shape index (κ1) is 11.5. The summed E-state index contributed by atoms with van der Waals surface area (Å²) in [5.41, 5.74) is 3.08. The van der Waals surface area contributed by atoms with Gasteiger partial charge in [-0.3, -0.25) is 9.69 Å². The topological polar surface area (TPSA) is 36.1 Å². The van der Waals surface area contributed by atoms with E-state index < -0.39 is 0 Å². The lowest BCUT2D eigenvalue weighted by Gasteiger charge is -2.17. The Hall–Kier alpha value is -1.61. The van der Waals surface area contributed by atoms with E-state index in [1.807, 2.05) is 19.3 Å². The summed E-state index contributed by atoms with van der Waals surface area (Å²) in [4.78, 5) is 17.9. The molecule has 0 spiro atoms. The summed E-state index contributed by atoms with van der Waals surface area (Å²) in [6, 6.07) is 6.26. The molecule has 1 fully saturated rings. The van der Waals surface area contributed by atoms with Crippen LogP contribution in [0.15, 0.2) is 24.4 Å². The normalized spacial score (nSPS) is 20.7. The first-order valence-electron chi connectivity index (χ1n) is 6.49. The van der Waals surface area contributed by atoms with Crippen molar-refractivity contribution in [3.8, 4) is 0 Å². The molecule has 1 aliphatic heterocycles. The van der Waals surface area contributed by atoms with Crippen LogP contribution >= 0.6 is 0 Å². The summed E-state index contributed by atoms with van der Waals surface area (Å²) < 4.78 is 0. The van der Waals surface area contributed by atoms with Crippen LogP contribution in [0.25, 0.3) is 10.9 Å². The Labute approximate surface area is 107 Å². The van der Waals surface area contributed by atoms with Crippen LogP contribution in [0.4, 0.5) is 0 Å². The molecule has 2 aromatic rings. The highest BCUT2D eigenvalue weighted by Crippen LogP contribution is 2.25. The summed E-state index contributed by atoms with van der Waals surface area (Å²) in [5.74, 6) is 0.256. The number of hydrogen-bond donors (Lipinski definition) is 1. The molecule has 1 N–H and O–H groups in total. The van der Waals surface area contributed by atoms with E-state index in [-0.39, 0.29) is 11.8 Å². The predicted octanol–water partition coefficient (Wildman–Crippen LogP) is 2.75. The first-order valence-corrected chi connectivity index (χ1v) is 6.49. The number of aromatic nitrogens is 1. The van der Waals surface area contributed by atoms with E-state index in [2.05, 4.69) is 28.9 Å². The maximum atomic E-state index is 12.6. The van der Waals surface area contributed by atoms with E-state index in [0.29, 0.717) is 0 Å². The van der Waals surface area contributed by atoms with Crippen LogP contribution in [-0.4, -0.2) is 35.3 Å². The van der Waals surface area contributed by atoms with Crippen LogP contribution in [0.2, 0.25) is 0 Å². The lowest BCUT2D eigenvalue weighted by molar-refractivity contribution is 0.0892. The fourth-order valence-corrected chi connectivity index (χ4v) is 2.86. The summed E-state index contributed by atoms with van der Waals surface area (Å²) in [5, 5.41) is 1.06. The Kier molecular flexibility index (Phi) is 2.71. The van der Waals surface area contributed by atoms with Crippen LogP contribution in [0.3, 0.4) is 0 Å². The zero-order valence-electron chi connectivity index (χ0n) is 10.9. The minimum absolute atomic E-state index is 0.0597. The Balaban J connectivity index is 2.03. The van der Waals surface area contributed by atoms with Crippen molar-refractivity contribution in [3.05, 3.63) is 35.5 Å². The van der Waals surface area contributed by atoms with Gasteiger partial charge in [0.2, 0.25) is 0 Å². The number of carbonyl (C=O) groups excluding carboxylic acids is 1. The van der Waals surface area contributed by atoms with Crippen molar-refractivity contribution in [3.63, 3.8) is 0 Å². The second-order valence-corrected chi connectivity index (χ2v) is 5.25. The SMILES string of the molecule is Cc1ccc2[nH]cc(C(=O)[C@@H]3CCCN3C)c2c1. The van der Waals surface area contributed by atoms with Crippen LogP contribution < -0.4 is 0 Å². The van der Waals surface area contributed by atoms with Crippen molar-refractivity contribution in [1.29, 1.82) is 0 Å². The van der Waals surface area contributed by atoms with Crippen LogP contribution in [0.1, 0.15) is 28.8 Å². The van der Waals surface area contributed by atoms with Gasteiger partial charge in [-0.05, 0) is 45.5 Å². The Morgan fingerprint density at radius 3 is 3.00 bits per heavy atom. The van der Waals surface area contributed by atoms with Crippen LogP contribution in [-0.2, 0) is 0 Å². The second-order valence-electron chi connectivity index (χ2n) is 5.25. The highest BCUT2D eigenvalue weighted by Gasteiger charge is 2.29. The molecule has 0 bridgehead atoms. The number of fused-ring (bicyclic) bond motifs is 1. The van der Waals surface area contributed by atoms with Gasteiger partial charge in [0.1, 0.15) is 0 Å². The number of aryl methyl sites for hydroxylation is 1. The summed E-state index contributed by atoms with van der Waals surface area (Å²) in [6.07, 6.45) is 3.96. The van der Waals surface area contributed by atoms with Crippen molar-refractivity contribution < 1.29 is 4.79 Å². The quantitative estimate of drug-likeness (QED) is 0.822. The fourth-order valence-electron chi connectivity index (χ4n) is 2.86. The molecule has 94 valence electrons. The number of nitrogens with zero attached hydrogens (tertiary/aromatic N) is 1. The number of likely N-dealkylation sites (tertiary alicyclic amines) is 1.